The van der Waals surface area contributed by atoms with Gasteiger partial charge in [0.2, 0.25) is 0 Å². The highest BCUT2D eigenvalue weighted by Crippen LogP contribution is 2.38. The second-order valence-corrected chi connectivity index (χ2v) is 6.86. The van der Waals surface area contributed by atoms with E-state index < -0.39 is 0 Å². The number of aromatic nitrogens is 1. The molecule has 1 aromatic carbocycles. The first kappa shape index (κ1) is 16.1. The Labute approximate surface area is 146 Å². The average Bonchev–Trinajstić information content (AvgIpc) is 2.99. The van der Waals surface area contributed by atoms with Crippen molar-refractivity contribution in [2.45, 2.75) is 25.8 Å². The zero-order valence-electron chi connectivity index (χ0n) is 14.5. The second-order valence-electron chi connectivity index (χ2n) is 6.86. The Morgan fingerprint density at radius 3 is 2.84 bits per heavy atom. The maximum absolute atomic E-state index is 13.0. The first-order chi connectivity index (χ1) is 12.1. The van der Waals surface area contributed by atoms with Gasteiger partial charge in [-0.1, -0.05) is 29.8 Å². The number of esters is 1. The number of Topliss-reactive ketones (excluding diaryl/α,β-unsaturated/α-hetero) is 1. The molecule has 2 bridgehead atoms. The molecular formula is C20H22N2O3. The number of hydrogen-bond donors (Lipinski definition) is 2. The van der Waals surface area contributed by atoms with Crippen LogP contribution in [0.2, 0.25) is 0 Å². The SMILES string of the molecule is C/C=C1/CN[C@H]2Cc3c([nH]c4ccccc34)C(=O)C[C@@H]1[C@@H]2C(=O)OC. The maximum atomic E-state index is 13.0. The van der Waals surface area contributed by atoms with Crippen LogP contribution in [0.3, 0.4) is 0 Å². The number of methoxy groups -OCH3 is 1. The molecule has 130 valence electrons. The van der Waals surface area contributed by atoms with Crippen molar-refractivity contribution in [2.24, 2.45) is 11.8 Å². The third-order valence-corrected chi connectivity index (χ3v) is 5.68. The van der Waals surface area contributed by atoms with E-state index in [-0.39, 0.29) is 29.6 Å². The maximum Gasteiger partial charge on any atom is 0.310 e. The fourth-order valence-electron chi connectivity index (χ4n) is 4.43. The summed E-state index contributed by atoms with van der Waals surface area (Å²) in [4.78, 5) is 28.8. The summed E-state index contributed by atoms with van der Waals surface area (Å²) in [6, 6.07) is 7.92. The minimum absolute atomic E-state index is 0.0350. The van der Waals surface area contributed by atoms with Gasteiger partial charge in [0.1, 0.15) is 0 Å². The zero-order valence-corrected chi connectivity index (χ0v) is 14.5. The van der Waals surface area contributed by atoms with E-state index in [1.165, 1.54) is 7.11 Å². The quantitative estimate of drug-likeness (QED) is 0.619. The minimum atomic E-state index is -0.337. The van der Waals surface area contributed by atoms with Gasteiger partial charge >= 0.3 is 5.97 Å². The molecule has 2 heterocycles. The van der Waals surface area contributed by atoms with E-state index in [4.69, 9.17) is 4.74 Å². The van der Waals surface area contributed by atoms with Gasteiger partial charge in [-0.2, -0.15) is 0 Å². The molecule has 1 saturated heterocycles. The van der Waals surface area contributed by atoms with Crippen LogP contribution >= 0.6 is 0 Å². The molecule has 2 N–H and O–H groups in total. The predicted octanol–water partition coefficient (Wildman–Crippen LogP) is 2.62. The number of ether oxygens (including phenoxy) is 1. The highest BCUT2D eigenvalue weighted by molar-refractivity contribution is 6.03. The number of para-hydroxylation sites is 1. The van der Waals surface area contributed by atoms with E-state index in [0.717, 1.165) is 22.0 Å². The van der Waals surface area contributed by atoms with Crippen molar-refractivity contribution in [1.82, 2.24) is 10.3 Å². The van der Waals surface area contributed by atoms with Crippen molar-refractivity contribution in [2.75, 3.05) is 13.7 Å². The number of benzene rings is 1. The van der Waals surface area contributed by atoms with Crippen LogP contribution in [0.25, 0.3) is 10.9 Å². The monoisotopic (exact) mass is 338 g/mol. The Morgan fingerprint density at radius 1 is 1.28 bits per heavy atom. The smallest absolute Gasteiger partial charge is 0.310 e. The molecule has 0 spiro atoms. The van der Waals surface area contributed by atoms with Gasteiger partial charge in [0.15, 0.2) is 5.78 Å². The highest BCUT2D eigenvalue weighted by Gasteiger charge is 2.44. The minimum Gasteiger partial charge on any atom is -0.469 e. The van der Waals surface area contributed by atoms with E-state index in [1.54, 1.807) is 0 Å². The molecule has 2 aromatic rings. The van der Waals surface area contributed by atoms with Crippen molar-refractivity contribution in [3.8, 4) is 0 Å². The Kier molecular flexibility index (Phi) is 3.96. The third kappa shape index (κ3) is 2.50. The number of hydrogen-bond acceptors (Lipinski definition) is 4. The van der Waals surface area contributed by atoms with Gasteiger partial charge in [0, 0.05) is 35.8 Å². The molecule has 1 fully saturated rings. The van der Waals surface area contributed by atoms with E-state index in [0.29, 0.717) is 25.1 Å². The van der Waals surface area contributed by atoms with Gasteiger partial charge in [-0.3, -0.25) is 9.59 Å². The summed E-state index contributed by atoms with van der Waals surface area (Å²) >= 11 is 0. The molecule has 4 rings (SSSR count). The Morgan fingerprint density at radius 2 is 2.08 bits per heavy atom. The molecule has 5 heteroatoms. The van der Waals surface area contributed by atoms with E-state index in [9.17, 15) is 9.59 Å². The molecule has 25 heavy (non-hydrogen) atoms. The number of fused-ring (bicyclic) bond motifs is 5. The fraction of sp³-hybridized carbons (Fsp3) is 0.400. The van der Waals surface area contributed by atoms with Gasteiger partial charge in [0.25, 0.3) is 0 Å². The summed E-state index contributed by atoms with van der Waals surface area (Å²) in [5.74, 6) is -0.603. The molecular weight excluding hydrogens is 316 g/mol. The number of rotatable bonds is 1. The van der Waals surface area contributed by atoms with Gasteiger partial charge in [-0.15, -0.1) is 0 Å². The topological polar surface area (TPSA) is 71.2 Å². The molecule has 1 aliphatic carbocycles. The summed E-state index contributed by atoms with van der Waals surface area (Å²) < 4.78 is 5.08. The normalized spacial score (nSPS) is 27.7. The lowest BCUT2D eigenvalue weighted by Gasteiger charge is -2.40. The van der Waals surface area contributed by atoms with Gasteiger partial charge in [-0.05, 0) is 25.0 Å². The first-order valence-corrected chi connectivity index (χ1v) is 8.73. The highest BCUT2D eigenvalue weighted by atomic mass is 16.5. The average molecular weight is 338 g/mol. The fourth-order valence-corrected chi connectivity index (χ4v) is 4.43. The number of carbonyl (C=O) groups is 2. The van der Waals surface area contributed by atoms with Crippen LogP contribution < -0.4 is 5.32 Å². The Bertz CT molecular complexity index is 880. The van der Waals surface area contributed by atoms with Crippen LogP contribution in [0.1, 0.15) is 29.4 Å². The third-order valence-electron chi connectivity index (χ3n) is 5.68. The molecule has 5 nitrogen and oxygen atoms in total. The Hall–Kier alpha value is -2.40. The van der Waals surface area contributed by atoms with E-state index in [2.05, 4.69) is 10.3 Å². The van der Waals surface area contributed by atoms with Gasteiger partial charge < -0.3 is 15.0 Å². The lowest BCUT2D eigenvalue weighted by atomic mass is 9.71. The standard InChI is InChI=1S/C20H22N2O3/c1-3-11-10-21-16-8-14-12-6-4-5-7-15(12)22-19(14)17(23)9-13(11)18(16)20(24)25-2/h3-7,13,16,18,21-22H,8-10H2,1-2H3/b11-3-/t13-,16-,18-/m0/s1. The first-order valence-electron chi connectivity index (χ1n) is 8.73. The predicted molar refractivity (Wildman–Crippen MR) is 95.5 cm³/mol. The number of nitrogens with one attached hydrogen (secondary N) is 2. The van der Waals surface area contributed by atoms with E-state index >= 15 is 0 Å². The molecule has 0 radical (unpaired) electrons. The lowest BCUT2D eigenvalue weighted by molar-refractivity contribution is -0.148. The van der Waals surface area contributed by atoms with Crippen LogP contribution in [0.4, 0.5) is 0 Å². The van der Waals surface area contributed by atoms with E-state index in [1.807, 2.05) is 37.3 Å². The number of piperidine rings is 1. The molecule has 0 unspecified atom stereocenters. The molecule has 1 aliphatic heterocycles. The number of H-pyrrole nitrogens is 1. The summed E-state index contributed by atoms with van der Waals surface area (Å²) in [6.45, 7) is 2.67. The van der Waals surface area contributed by atoms with Crippen molar-refractivity contribution in [3.63, 3.8) is 0 Å². The van der Waals surface area contributed by atoms with Crippen LogP contribution in [0.5, 0.6) is 0 Å². The lowest BCUT2D eigenvalue weighted by Crippen LogP contribution is -2.53. The van der Waals surface area contributed by atoms with Crippen LogP contribution in [0, 0.1) is 11.8 Å². The Balaban J connectivity index is 1.87. The number of allylic oxidation sites excluding steroid dienone is 1. The number of ketones is 1. The summed E-state index contributed by atoms with van der Waals surface area (Å²) in [5.41, 5.74) is 3.78. The molecule has 0 amide bonds. The van der Waals surface area contributed by atoms with Crippen LogP contribution in [-0.2, 0) is 16.0 Å². The molecule has 0 saturated carbocycles. The summed E-state index contributed by atoms with van der Waals surface area (Å²) in [6.07, 6.45) is 2.99. The zero-order chi connectivity index (χ0) is 17.6. The molecule has 3 atom stereocenters. The molecule has 1 aromatic heterocycles. The van der Waals surface area contributed by atoms with Gasteiger partial charge in [-0.25, -0.2) is 0 Å². The second kappa shape index (κ2) is 6.15. The van der Waals surface area contributed by atoms with Gasteiger partial charge in [0.05, 0.1) is 18.7 Å². The van der Waals surface area contributed by atoms with Crippen molar-refractivity contribution < 1.29 is 14.3 Å². The molecule has 2 aliphatic rings. The van der Waals surface area contributed by atoms with Crippen molar-refractivity contribution >= 4 is 22.7 Å². The van der Waals surface area contributed by atoms with Crippen LogP contribution in [-0.4, -0.2) is 36.4 Å². The van der Waals surface area contributed by atoms with Crippen molar-refractivity contribution in [3.05, 3.63) is 47.2 Å². The van der Waals surface area contributed by atoms with Crippen LogP contribution in [0.15, 0.2) is 35.9 Å². The number of aromatic amines is 1. The number of carbonyl (C=O) groups excluding carboxylic acids is 2. The summed E-state index contributed by atoms with van der Waals surface area (Å²) in [5, 5.41) is 4.56. The van der Waals surface area contributed by atoms with Crippen molar-refractivity contribution in [1.29, 1.82) is 0 Å². The summed E-state index contributed by atoms with van der Waals surface area (Å²) in [7, 11) is 1.42. The largest absolute Gasteiger partial charge is 0.469 e.